The van der Waals surface area contributed by atoms with Crippen molar-refractivity contribution in [1.82, 2.24) is 5.32 Å². The number of halogens is 2. The molecule has 3 N–H and O–H groups in total. The second-order valence-electron chi connectivity index (χ2n) is 7.57. The molecule has 0 spiro atoms. The van der Waals surface area contributed by atoms with E-state index < -0.39 is 40.5 Å². The van der Waals surface area contributed by atoms with E-state index in [9.17, 15) is 28.3 Å². The lowest BCUT2D eigenvalue weighted by atomic mass is 9.94. The van der Waals surface area contributed by atoms with Crippen LogP contribution in [0.3, 0.4) is 0 Å². The van der Waals surface area contributed by atoms with Gasteiger partial charge in [0.15, 0.2) is 0 Å². The fraction of sp³-hybridized carbons (Fsp3) is 0.286. The van der Waals surface area contributed by atoms with Gasteiger partial charge in [-0.05, 0) is 29.8 Å². The van der Waals surface area contributed by atoms with Crippen LogP contribution in [-0.2, 0) is 16.0 Å². The van der Waals surface area contributed by atoms with Crippen molar-refractivity contribution < 1.29 is 28.3 Å². The summed E-state index contributed by atoms with van der Waals surface area (Å²) in [6.07, 6.45) is 0.0350. The van der Waals surface area contributed by atoms with E-state index in [4.69, 9.17) is 0 Å². The highest BCUT2D eigenvalue weighted by Crippen LogP contribution is 2.17. The Bertz CT molecular complexity index is 901. The first-order chi connectivity index (χ1) is 13.5. The predicted molar refractivity (Wildman–Crippen MR) is 103 cm³/mol. The zero-order valence-corrected chi connectivity index (χ0v) is 16.3. The van der Waals surface area contributed by atoms with E-state index in [1.165, 1.54) is 12.1 Å². The Morgan fingerprint density at radius 3 is 2.03 bits per heavy atom. The third-order valence-electron chi connectivity index (χ3n) is 4.13. The van der Waals surface area contributed by atoms with Crippen molar-refractivity contribution in [2.45, 2.75) is 33.2 Å². The molecular formula is C21H22F2N2O4. The molecule has 2 aromatic rings. The van der Waals surface area contributed by atoms with Crippen LogP contribution in [0.25, 0.3) is 0 Å². The number of hydrogen-bond acceptors (Lipinski definition) is 3. The highest BCUT2D eigenvalue weighted by Gasteiger charge is 2.27. The van der Waals surface area contributed by atoms with E-state index in [1.54, 1.807) is 32.9 Å². The van der Waals surface area contributed by atoms with Crippen molar-refractivity contribution in [1.29, 1.82) is 0 Å². The van der Waals surface area contributed by atoms with E-state index in [-0.39, 0.29) is 18.0 Å². The number of carboxylic acids is 1. The zero-order valence-electron chi connectivity index (χ0n) is 16.3. The highest BCUT2D eigenvalue weighted by atomic mass is 19.1. The number of carbonyl (C=O) groups is 3. The summed E-state index contributed by atoms with van der Waals surface area (Å²) in [5.74, 6) is -4.44. The Kier molecular flexibility index (Phi) is 6.68. The summed E-state index contributed by atoms with van der Waals surface area (Å²) in [4.78, 5) is 35.6. The number of nitrogens with one attached hydrogen (secondary N) is 2. The van der Waals surface area contributed by atoms with Crippen LogP contribution in [0, 0.1) is 17.0 Å². The van der Waals surface area contributed by atoms with Gasteiger partial charge in [-0.2, -0.15) is 0 Å². The smallest absolute Gasteiger partial charge is 0.326 e. The number of carbonyl (C=O) groups excluding carboxylic acids is 2. The van der Waals surface area contributed by atoms with Crippen LogP contribution in [-0.4, -0.2) is 28.9 Å². The average molecular weight is 404 g/mol. The molecule has 0 saturated carbocycles. The van der Waals surface area contributed by atoms with Crippen LogP contribution in [0.5, 0.6) is 0 Å². The molecule has 0 bridgehead atoms. The van der Waals surface area contributed by atoms with E-state index in [0.717, 1.165) is 18.2 Å². The molecule has 0 aliphatic carbocycles. The fourth-order valence-electron chi connectivity index (χ4n) is 2.44. The van der Waals surface area contributed by atoms with Crippen LogP contribution in [0.4, 0.5) is 14.5 Å². The van der Waals surface area contributed by atoms with Crippen LogP contribution < -0.4 is 10.6 Å². The lowest BCUT2D eigenvalue weighted by Crippen LogP contribution is -2.46. The van der Waals surface area contributed by atoms with Crippen molar-refractivity contribution in [2.24, 2.45) is 5.41 Å². The van der Waals surface area contributed by atoms with Gasteiger partial charge in [0.05, 0.1) is 0 Å². The lowest BCUT2D eigenvalue weighted by molar-refractivity contribution is -0.143. The monoisotopic (exact) mass is 404 g/mol. The molecule has 6 nitrogen and oxygen atoms in total. The van der Waals surface area contributed by atoms with Crippen LogP contribution in [0.15, 0.2) is 42.5 Å². The molecule has 1 unspecified atom stereocenters. The Morgan fingerprint density at radius 2 is 1.55 bits per heavy atom. The zero-order chi connectivity index (χ0) is 21.8. The Hall–Kier alpha value is -3.29. The minimum absolute atomic E-state index is 0.0350. The summed E-state index contributed by atoms with van der Waals surface area (Å²) in [6, 6.07) is 8.10. The average Bonchev–Trinajstić information content (AvgIpc) is 2.61. The van der Waals surface area contributed by atoms with E-state index >= 15 is 0 Å². The maximum absolute atomic E-state index is 13.7. The first-order valence-corrected chi connectivity index (χ1v) is 8.87. The predicted octanol–water partition coefficient (Wildman–Crippen LogP) is 3.38. The molecule has 2 aromatic carbocycles. The van der Waals surface area contributed by atoms with Gasteiger partial charge >= 0.3 is 5.97 Å². The number of anilines is 1. The second kappa shape index (κ2) is 8.81. The highest BCUT2D eigenvalue weighted by molar-refractivity contribution is 6.04. The maximum atomic E-state index is 13.7. The summed E-state index contributed by atoms with van der Waals surface area (Å²) in [5, 5.41) is 14.2. The van der Waals surface area contributed by atoms with Gasteiger partial charge in [0.25, 0.3) is 5.91 Å². The molecule has 154 valence electrons. The third-order valence-corrected chi connectivity index (χ3v) is 4.13. The van der Waals surface area contributed by atoms with Gasteiger partial charge in [-0.15, -0.1) is 0 Å². The van der Waals surface area contributed by atoms with Crippen LogP contribution in [0.1, 0.15) is 36.7 Å². The number of aliphatic carboxylic acids is 1. The number of benzene rings is 2. The topological polar surface area (TPSA) is 95.5 Å². The first kappa shape index (κ1) is 22.0. The van der Waals surface area contributed by atoms with Gasteiger partial charge in [-0.25, -0.2) is 13.6 Å². The summed E-state index contributed by atoms with van der Waals surface area (Å²) in [5.41, 5.74) is -0.537. The third kappa shape index (κ3) is 5.84. The molecular weight excluding hydrogens is 382 g/mol. The molecule has 1 atom stereocenters. The summed E-state index contributed by atoms with van der Waals surface area (Å²) >= 11 is 0. The van der Waals surface area contributed by atoms with Gasteiger partial charge in [0.1, 0.15) is 23.2 Å². The molecule has 0 aromatic heterocycles. The van der Waals surface area contributed by atoms with Crippen LogP contribution in [0.2, 0.25) is 0 Å². The second-order valence-corrected chi connectivity index (χ2v) is 7.57. The number of carboxylic acid groups (broad SMARTS) is 1. The first-order valence-electron chi connectivity index (χ1n) is 8.87. The molecule has 0 radical (unpaired) electrons. The van der Waals surface area contributed by atoms with Crippen molar-refractivity contribution in [2.75, 3.05) is 5.32 Å². The van der Waals surface area contributed by atoms with Crippen molar-refractivity contribution in [3.8, 4) is 0 Å². The van der Waals surface area contributed by atoms with E-state index in [1.807, 2.05) is 0 Å². The summed E-state index contributed by atoms with van der Waals surface area (Å²) < 4.78 is 27.4. The number of amides is 2. The Morgan fingerprint density at radius 1 is 1.00 bits per heavy atom. The standard InChI is InChI=1S/C21H22F2N2O4/c1-21(2,3)20(29)25-16(19(27)28)11-12-7-9-13(10-8-12)24-18(26)17-14(22)5-4-6-15(17)23/h4-10,16H,11H2,1-3H3,(H,24,26)(H,25,29)(H,27,28). The lowest BCUT2D eigenvalue weighted by Gasteiger charge is -2.22. The molecule has 0 saturated heterocycles. The number of rotatable bonds is 6. The molecule has 0 fully saturated rings. The molecule has 2 rings (SSSR count). The fourth-order valence-corrected chi connectivity index (χ4v) is 2.44. The van der Waals surface area contributed by atoms with Crippen LogP contribution >= 0.6 is 0 Å². The van der Waals surface area contributed by atoms with Crippen molar-refractivity contribution >= 4 is 23.5 Å². The number of hydrogen-bond donors (Lipinski definition) is 3. The SMILES string of the molecule is CC(C)(C)C(=O)NC(Cc1ccc(NC(=O)c2c(F)cccc2F)cc1)C(=O)O. The Labute approximate surface area is 166 Å². The van der Waals surface area contributed by atoms with Gasteiger partial charge in [0, 0.05) is 17.5 Å². The van der Waals surface area contributed by atoms with Crippen molar-refractivity contribution in [3.05, 3.63) is 65.2 Å². The molecule has 29 heavy (non-hydrogen) atoms. The Balaban J connectivity index is 2.08. The van der Waals surface area contributed by atoms with Gasteiger partial charge in [-0.1, -0.05) is 39.0 Å². The minimum Gasteiger partial charge on any atom is -0.480 e. The molecule has 8 heteroatoms. The molecule has 0 aliphatic rings. The largest absolute Gasteiger partial charge is 0.480 e. The normalized spacial score (nSPS) is 12.2. The minimum atomic E-state index is -1.17. The maximum Gasteiger partial charge on any atom is 0.326 e. The molecule has 0 heterocycles. The molecule has 0 aliphatic heterocycles. The van der Waals surface area contributed by atoms with E-state index in [2.05, 4.69) is 10.6 Å². The van der Waals surface area contributed by atoms with Gasteiger partial charge < -0.3 is 15.7 Å². The summed E-state index contributed by atoms with van der Waals surface area (Å²) in [7, 11) is 0. The van der Waals surface area contributed by atoms with Gasteiger partial charge in [-0.3, -0.25) is 9.59 Å². The quantitative estimate of drug-likeness (QED) is 0.688. The van der Waals surface area contributed by atoms with E-state index in [0.29, 0.717) is 5.56 Å². The molecule has 2 amide bonds. The van der Waals surface area contributed by atoms with Crippen molar-refractivity contribution in [3.63, 3.8) is 0 Å². The summed E-state index contributed by atoms with van der Waals surface area (Å²) in [6.45, 7) is 5.03. The van der Waals surface area contributed by atoms with Gasteiger partial charge in [0.2, 0.25) is 5.91 Å².